The molecule has 0 aromatic carbocycles. The van der Waals surface area contributed by atoms with Gasteiger partial charge in [-0.15, -0.1) is 0 Å². The van der Waals surface area contributed by atoms with E-state index >= 15 is 0 Å². The van der Waals surface area contributed by atoms with Crippen molar-refractivity contribution in [3.63, 3.8) is 0 Å². The molecule has 1 saturated carbocycles. The van der Waals surface area contributed by atoms with Crippen molar-refractivity contribution < 1.29 is 14.3 Å². The third kappa shape index (κ3) is 3.71. The van der Waals surface area contributed by atoms with E-state index in [1.165, 1.54) is 38.5 Å². The van der Waals surface area contributed by atoms with Gasteiger partial charge >= 0.3 is 5.97 Å². The highest BCUT2D eigenvalue weighted by Gasteiger charge is 2.53. The lowest BCUT2D eigenvalue weighted by Gasteiger charge is -2.18. The molecule has 3 heteroatoms. The fraction of sp³-hybridized carbons (Fsp3) is 0.933. The van der Waals surface area contributed by atoms with Crippen molar-refractivity contribution >= 4 is 5.97 Å². The molecule has 0 radical (unpaired) electrons. The van der Waals surface area contributed by atoms with Crippen LogP contribution in [0.1, 0.15) is 65.2 Å². The summed E-state index contributed by atoms with van der Waals surface area (Å²) in [5.74, 6) is 0.645. The predicted molar refractivity (Wildman–Crippen MR) is 70.3 cm³/mol. The first-order valence-electron chi connectivity index (χ1n) is 7.47. The number of carbonyl (C=O) groups is 1. The molecule has 1 saturated heterocycles. The number of hydrogen-bond donors (Lipinski definition) is 0. The number of carbonyl (C=O) groups excluding carboxylic acids is 1. The van der Waals surface area contributed by atoms with Crippen molar-refractivity contribution in [2.45, 2.75) is 76.9 Å². The normalized spacial score (nSPS) is 29.1. The van der Waals surface area contributed by atoms with E-state index in [1.54, 1.807) is 0 Å². The molecule has 3 nitrogen and oxygen atoms in total. The van der Waals surface area contributed by atoms with Crippen molar-refractivity contribution in [2.75, 3.05) is 6.61 Å². The molecular weight excluding hydrogens is 228 g/mol. The van der Waals surface area contributed by atoms with E-state index in [-0.39, 0.29) is 12.1 Å². The summed E-state index contributed by atoms with van der Waals surface area (Å²) in [6.07, 6.45) is 10.1. The summed E-state index contributed by atoms with van der Waals surface area (Å²) in [7, 11) is 0. The van der Waals surface area contributed by atoms with Crippen LogP contribution in [0.2, 0.25) is 0 Å². The first-order chi connectivity index (χ1) is 8.62. The standard InChI is InChI=1S/C15H26O3/c1-12(2)18-14(16)15(11-17-15)10-9-13-7-5-3-4-6-8-13/h12-13H,3-11H2,1-2H3. The molecule has 2 fully saturated rings. The summed E-state index contributed by atoms with van der Waals surface area (Å²) in [6.45, 7) is 4.34. The second-order valence-corrected chi connectivity index (χ2v) is 6.13. The van der Waals surface area contributed by atoms with Gasteiger partial charge in [-0.2, -0.15) is 0 Å². The van der Waals surface area contributed by atoms with Crippen LogP contribution < -0.4 is 0 Å². The van der Waals surface area contributed by atoms with Crippen LogP contribution in [-0.2, 0) is 14.3 Å². The Kier molecular flexibility index (Phi) is 4.66. The molecular formula is C15H26O3. The molecule has 1 heterocycles. The number of rotatable bonds is 5. The average Bonchev–Trinajstić information content (AvgIpc) is 3.12. The topological polar surface area (TPSA) is 38.8 Å². The van der Waals surface area contributed by atoms with E-state index in [9.17, 15) is 4.79 Å². The zero-order chi connectivity index (χ0) is 13.0. The maximum absolute atomic E-state index is 11.9. The number of ether oxygens (including phenoxy) is 2. The van der Waals surface area contributed by atoms with Crippen molar-refractivity contribution in [3.8, 4) is 0 Å². The SMILES string of the molecule is CC(C)OC(=O)C1(CCC2CCCCCC2)CO1. The van der Waals surface area contributed by atoms with E-state index < -0.39 is 5.60 Å². The molecule has 0 N–H and O–H groups in total. The summed E-state index contributed by atoms with van der Waals surface area (Å²) in [4.78, 5) is 11.9. The second-order valence-electron chi connectivity index (χ2n) is 6.13. The van der Waals surface area contributed by atoms with Crippen LogP contribution in [-0.4, -0.2) is 24.3 Å². The molecule has 1 aliphatic heterocycles. The van der Waals surface area contributed by atoms with Crippen LogP contribution in [0, 0.1) is 5.92 Å². The van der Waals surface area contributed by atoms with Gasteiger partial charge < -0.3 is 9.47 Å². The van der Waals surface area contributed by atoms with Crippen molar-refractivity contribution in [1.82, 2.24) is 0 Å². The van der Waals surface area contributed by atoms with Gasteiger partial charge in [0.25, 0.3) is 0 Å². The van der Waals surface area contributed by atoms with Crippen molar-refractivity contribution in [2.24, 2.45) is 5.92 Å². The molecule has 0 spiro atoms. The van der Waals surface area contributed by atoms with E-state index in [2.05, 4.69) is 0 Å². The summed E-state index contributed by atoms with van der Waals surface area (Å²) in [5.41, 5.74) is -0.573. The van der Waals surface area contributed by atoms with Crippen LogP contribution in [0.5, 0.6) is 0 Å². The van der Waals surface area contributed by atoms with Gasteiger partial charge in [-0.25, -0.2) is 4.79 Å². The van der Waals surface area contributed by atoms with Crippen LogP contribution in [0.3, 0.4) is 0 Å². The Morgan fingerprint density at radius 3 is 2.39 bits per heavy atom. The Morgan fingerprint density at radius 1 is 1.28 bits per heavy atom. The molecule has 18 heavy (non-hydrogen) atoms. The lowest BCUT2D eigenvalue weighted by molar-refractivity contribution is -0.154. The predicted octanol–water partition coefficient (Wildman–Crippen LogP) is 3.46. The highest BCUT2D eigenvalue weighted by atomic mass is 16.6. The molecule has 1 atom stereocenters. The first kappa shape index (κ1) is 13.9. The van der Waals surface area contributed by atoms with Crippen molar-refractivity contribution in [3.05, 3.63) is 0 Å². The monoisotopic (exact) mass is 254 g/mol. The zero-order valence-electron chi connectivity index (χ0n) is 11.7. The van der Waals surface area contributed by atoms with E-state index in [0.29, 0.717) is 6.61 Å². The number of hydrogen-bond acceptors (Lipinski definition) is 3. The molecule has 2 aliphatic rings. The molecule has 0 bridgehead atoms. The minimum absolute atomic E-state index is 0.0449. The van der Waals surface area contributed by atoms with Crippen LogP contribution >= 0.6 is 0 Å². The maximum atomic E-state index is 11.9. The van der Waals surface area contributed by atoms with E-state index in [0.717, 1.165) is 18.8 Å². The molecule has 2 rings (SSSR count). The van der Waals surface area contributed by atoms with Gasteiger partial charge in [-0.05, 0) is 32.6 Å². The fourth-order valence-electron chi connectivity index (χ4n) is 2.86. The summed E-state index contributed by atoms with van der Waals surface area (Å²) < 4.78 is 10.7. The van der Waals surface area contributed by atoms with Gasteiger partial charge in [-0.1, -0.05) is 38.5 Å². The fourth-order valence-corrected chi connectivity index (χ4v) is 2.86. The maximum Gasteiger partial charge on any atom is 0.341 e. The molecule has 0 aromatic rings. The third-order valence-electron chi connectivity index (χ3n) is 4.14. The van der Waals surface area contributed by atoms with E-state index in [4.69, 9.17) is 9.47 Å². The summed E-state index contributed by atoms with van der Waals surface area (Å²) >= 11 is 0. The molecule has 0 amide bonds. The smallest absolute Gasteiger partial charge is 0.341 e. The Labute approximate surface area is 110 Å². The minimum Gasteiger partial charge on any atom is -0.461 e. The quantitative estimate of drug-likeness (QED) is 0.428. The Hall–Kier alpha value is -0.570. The van der Waals surface area contributed by atoms with Gasteiger partial charge in [0.2, 0.25) is 0 Å². The number of esters is 1. The highest BCUT2D eigenvalue weighted by Crippen LogP contribution is 2.37. The van der Waals surface area contributed by atoms with Gasteiger partial charge in [0.1, 0.15) is 0 Å². The zero-order valence-corrected chi connectivity index (χ0v) is 11.7. The Balaban J connectivity index is 1.76. The Morgan fingerprint density at radius 2 is 1.89 bits per heavy atom. The first-order valence-corrected chi connectivity index (χ1v) is 7.47. The lowest BCUT2D eigenvalue weighted by Crippen LogP contribution is -2.30. The second kappa shape index (κ2) is 6.05. The van der Waals surface area contributed by atoms with Gasteiger partial charge in [0.15, 0.2) is 5.60 Å². The summed E-state index contributed by atoms with van der Waals surface area (Å²) in [6, 6.07) is 0. The molecule has 0 aromatic heterocycles. The molecule has 1 unspecified atom stereocenters. The van der Waals surface area contributed by atoms with Gasteiger partial charge in [0, 0.05) is 0 Å². The molecule has 104 valence electrons. The van der Waals surface area contributed by atoms with Gasteiger partial charge in [-0.3, -0.25) is 0 Å². The third-order valence-corrected chi connectivity index (χ3v) is 4.14. The van der Waals surface area contributed by atoms with Crippen LogP contribution in [0.15, 0.2) is 0 Å². The Bertz CT molecular complexity index is 273. The average molecular weight is 254 g/mol. The largest absolute Gasteiger partial charge is 0.461 e. The van der Waals surface area contributed by atoms with Crippen molar-refractivity contribution in [1.29, 1.82) is 0 Å². The molecule has 1 aliphatic carbocycles. The number of epoxide rings is 1. The highest BCUT2D eigenvalue weighted by molar-refractivity contribution is 5.82. The lowest BCUT2D eigenvalue weighted by atomic mass is 9.91. The van der Waals surface area contributed by atoms with Crippen LogP contribution in [0.4, 0.5) is 0 Å². The van der Waals surface area contributed by atoms with Crippen LogP contribution in [0.25, 0.3) is 0 Å². The van der Waals surface area contributed by atoms with Gasteiger partial charge in [0.05, 0.1) is 12.7 Å². The minimum atomic E-state index is -0.573. The van der Waals surface area contributed by atoms with E-state index in [1.807, 2.05) is 13.8 Å². The summed E-state index contributed by atoms with van der Waals surface area (Å²) in [5, 5.41) is 0.